The molecule has 0 aliphatic carbocycles. The normalized spacial score (nSPS) is 27.4. The van der Waals surface area contributed by atoms with Gasteiger partial charge < -0.3 is 32.5 Å². The van der Waals surface area contributed by atoms with Crippen LogP contribution in [-0.4, -0.2) is 65.4 Å². The quantitative estimate of drug-likeness (QED) is 0.0715. The summed E-state index contributed by atoms with van der Waals surface area (Å²) in [7, 11) is 0. The Morgan fingerprint density at radius 2 is 1.94 bits per heavy atom. The van der Waals surface area contributed by atoms with E-state index in [1.807, 2.05) is 4.90 Å². The van der Waals surface area contributed by atoms with Gasteiger partial charge in [0.05, 0.1) is 0 Å². The van der Waals surface area contributed by atoms with Crippen LogP contribution < -0.4 is 38.8 Å². The molecule has 34 heavy (non-hydrogen) atoms. The van der Waals surface area contributed by atoms with Crippen molar-refractivity contribution in [2.24, 2.45) is 38.2 Å². The smallest absolute Gasteiger partial charge is 0.249 e. The van der Waals surface area contributed by atoms with Gasteiger partial charge in [-0.25, -0.2) is 5.01 Å². The van der Waals surface area contributed by atoms with Gasteiger partial charge in [-0.2, -0.15) is 0 Å². The van der Waals surface area contributed by atoms with Gasteiger partial charge in [0.2, 0.25) is 11.8 Å². The maximum absolute atomic E-state index is 13.0. The summed E-state index contributed by atoms with van der Waals surface area (Å²) in [5.74, 6) is 16.3. The molecule has 15 nitrogen and oxygen atoms in total. The summed E-state index contributed by atoms with van der Waals surface area (Å²) in [4.78, 5) is 27.4. The van der Waals surface area contributed by atoms with Gasteiger partial charge >= 0.3 is 0 Å². The lowest BCUT2D eigenvalue weighted by Crippen LogP contribution is -2.63. The summed E-state index contributed by atoms with van der Waals surface area (Å²) in [6, 6.07) is -0.953. The lowest BCUT2D eigenvalue weighted by atomic mass is 9.88. The van der Waals surface area contributed by atoms with Crippen molar-refractivity contribution in [2.45, 2.75) is 69.5 Å². The minimum absolute atomic E-state index is 0.0363. The van der Waals surface area contributed by atoms with E-state index in [2.05, 4.69) is 48.9 Å². The van der Waals surface area contributed by atoms with Crippen LogP contribution in [-0.2, 0) is 9.59 Å². The Morgan fingerprint density at radius 1 is 1.21 bits per heavy atom. The highest BCUT2D eigenvalue weighted by Crippen LogP contribution is 2.28. The van der Waals surface area contributed by atoms with Crippen LogP contribution in [0, 0.1) is 0 Å². The lowest BCUT2D eigenvalue weighted by Gasteiger charge is -2.39. The second-order valence-electron chi connectivity index (χ2n) is 8.67. The molecule has 0 aromatic carbocycles. The van der Waals surface area contributed by atoms with Crippen molar-refractivity contribution in [2.75, 3.05) is 19.6 Å². The van der Waals surface area contributed by atoms with E-state index in [0.717, 1.165) is 32.1 Å². The van der Waals surface area contributed by atoms with Crippen LogP contribution in [0.4, 0.5) is 0 Å². The van der Waals surface area contributed by atoms with Crippen molar-refractivity contribution in [1.29, 1.82) is 0 Å². The van der Waals surface area contributed by atoms with E-state index in [1.54, 1.807) is 0 Å². The molecule has 2 saturated heterocycles. The summed E-state index contributed by atoms with van der Waals surface area (Å²) in [5, 5.41) is 27.4. The lowest BCUT2D eigenvalue weighted by molar-refractivity contribution is -0.133. The summed E-state index contributed by atoms with van der Waals surface area (Å²) in [6.07, 6.45) is 3.61. The molecule has 0 bridgehead atoms. The molecule has 3 aliphatic rings. The Morgan fingerprint density at radius 3 is 2.59 bits per heavy atom. The zero-order chi connectivity index (χ0) is 24.7. The van der Waals surface area contributed by atoms with Crippen molar-refractivity contribution in [3.05, 3.63) is 11.0 Å². The second kappa shape index (κ2) is 11.6. The minimum atomic E-state index is -0.953. The van der Waals surface area contributed by atoms with Crippen molar-refractivity contribution in [1.82, 2.24) is 31.2 Å². The van der Waals surface area contributed by atoms with Gasteiger partial charge in [-0.3, -0.25) is 20.7 Å². The summed E-state index contributed by atoms with van der Waals surface area (Å²) in [5.41, 5.74) is -0.298. The largest absolute Gasteiger partial charge is 0.358 e. The Balaban J connectivity index is 1.58. The molecule has 3 rings (SSSR count). The zero-order valence-electron chi connectivity index (χ0n) is 19.2. The van der Waals surface area contributed by atoms with Gasteiger partial charge in [-0.1, -0.05) is 41.8 Å². The van der Waals surface area contributed by atoms with Crippen LogP contribution in [0.2, 0.25) is 0 Å². The van der Waals surface area contributed by atoms with Gasteiger partial charge in [0, 0.05) is 31.6 Å². The number of nitrogens with two attached hydrogens (primary N) is 3. The Kier molecular flexibility index (Phi) is 8.82. The maximum atomic E-state index is 13.0. The molecule has 3 aliphatic heterocycles. The predicted molar refractivity (Wildman–Crippen MR) is 123 cm³/mol. The first kappa shape index (κ1) is 25.9. The number of hydrogen-bond donors (Lipinski definition) is 7. The zero-order valence-corrected chi connectivity index (χ0v) is 20.0. The maximum Gasteiger partial charge on any atom is 0.249 e. The average Bonchev–Trinajstić information content (AvgIpc) is 3.10. The molecule has 0 aromatic rings. The molecular formula is C18H34ClN13O2. The number of hydrogen-bond acceptors (Lipinski definition) is 11. The number of carbonyl (C=O) groups is 2. The van der Waals surface area contributed by atoms with Crippen molar-refractivity contribution >= 4 is 23.4 Å². The number of nitrogens with zero attached hydrogens (tertiary/aromatic N) is 6. The Labute approximate surface area is 202 Å². The topological polar surface area (TPSA) is 216 Å². The first-order valence-corrected chi connectivity index (χ1v) is 11.7. The van der Waals surface area contributed by atoms with Crippen LogP contribution in [0.3, 0.4) is 0 Å². The fourth-order valence-corrected chi connectivity index (χ4v) is 4.66. The molecule has 0 radical (unpaired) electrons. The molecule has 0 aromatic heterocycles. The summed E-state index contributed by atoms with van der Waals surface area (Å²) >= 11 is 6.14. The van der Waals surface area contributed by atoms with Gasteiger partial charge in [-0.15, -0.1) is 10.2 Å². The predicted octanol–water partition coefficient (Wildman–Crippen LogP) is -0.989. The minimum Gasteiger partial charge on any atom is -0.358 e. The number of rotatable bonds is 8. The van der Waals surface area contributed by atoms with E-state index in [4.69, 9.17) is 29.1 Å². The van der Waals surface area contributed by atoms with Crippen LogP contribution in [0.1, 0.15) is 45.4 Å². The van der Waals surface area contributed by atoms with Gasteiger partial charge in [0.1, 0.15) is 17.5 Å². The number of halogens is 1. The number of carbonyl (C=O) groups excluding carboxylic acids is 2. The van der Waals surface area contributed by atoms with E-state index in [0.29, 0.717) is 26.1 Å². The molecule has 3 atom stereocenters. The molecule has 190 valence electrons. The fourth-order valence-electron chi connectivity index (χ4n) is 4.45. The Hall–Kier alpha value is -2.75. The average molecular weight is 500 g/mol. The van der Waals surface area contributed by atoms with E-state index in [9.17, 15) is 9.59 Å². The third-order valence-electron chi connectivity index (χ3n) is 6.33. The number of likely N-dealkylation sites (tertiary alicyclic amines) is 1. The molecule has 3 unspecified atom stereocenters. The second-order valence-corrected chi connectivity index (χ2v) is 9.04. The van der Waals surface area contributed by atoms with E-state index >= 15 is 0 Å². The highest BCUT2D eigenvalue weighted by molar-refractivity contribution is 6.29. The molecule has 2 fully saturated rings. The molecule has 0 saturated carbocycles. The Bertz CT molecular complexity index is 827. The number of piperidine rings is 1. The molecule has 1 spiro atoms. The SMILES string of the molecule is CCCCCC(=O)N1CCC2(CC1)CN(N)C(NC(=O)C1NC(Cl)=C(N=NN)NC1N=NN)N2. The molecular weight excluding hydrogens is 466 g/mol. The third-order valence-corrected chi connectivity index (χ3v) is 6.62. The van der Waals surface area contributed by atoms with Crippen LogP contribution in [0.5, 0.6) is 0 Å². The van der Waals surface area contributed by atoms with Crippen LogP contribution >= 0.6 is 11.6 Å². The van der Waals surface area contributed by atoms with Crippen LogP contribution in [0.25, 0.3) is 0 Å². The van der Waals surface area contributed by atoms with Crippen molar-refractivity contribution < 1.29 is 9.59 Å². The number of unbranched alkanes of at least 4 members (excludes halogenated alkanes) is 2. The summed E-state index contributed by atoms with van der Waals surface area (Å²) < 4.78 is 0. The van der Waals surface area contributed by atoms with E-state index in [-0.39, 0.29) is 22.4 Å². The van der Waals surface area contributed by atoms with E-state index < -0.39 is 24.4 Å². The molecule has 16 heteroatoms. The van der Waals surface area contributed by atoms with Crippen molar-refractivity contribution in [3.8, 4) is 0 Å². The first-order chi connectivity index (χ1) is 16.3. The molecule has 3 heterocycles. The van der Waals surface area contributed by atoms with Gasteiger partial charge in [0.25, 0.3) is 0 Å². The molecule has 10 N–H and O–H groups in total. The monoisotopic (exact) mass is 499 g/mol. The summed E-state index contributed by atoms with van der Waals surface area (Å²) in [6.45, 7) is 3.95. The van der Waals surface area contributed by atoms with Crippen molar-refractivity contribution in [3.63, 3.8) is 0 Å². The number of nitrogens with one attached hydrogen (secondary N) is 4. The number of amides is 2. The molecule has 2 amide bonds. The highest BCUT2D eigenvalue weighted by Gasteiger charge is 2.46. The number of hydrazine groups is 1. The van der Waals surface area contributed by atoms with E-state index in [1.165, 1.54) is 5.01 Å². The fraction of sp³-hybridized carbons (Fsp3) is 0.778. The third kappa shape index (κ3) is 6.02. The standard InChI is InChI=1S/C18H34ClN13O2/c1-2-3-4-5-11(33)31-8-6-18(7-9-31)10-32(22)17(26-18)25-16(34)12-14(27-29-20)24-15(28-30-21)13(19)23-12/h12,14,17,23-24,26H,2-10,22H2,1H3,(H2,20,27)(H2,21,28)(H,25,34). The van der Waals surface area contributed by atoms with Gasteiger partial charge in [-0.05, 0) is 19.3 Å². The highest BCUT2D eigenvalue weighted by atomic mass is 35.5. The first-order valence-electron chi connectivity index (χ1n) is 11.3. The van der Waals surface area contributed by atoms with Crippen LogP contribution in [0.15, 0.2) is 31.7 Å². The van der Waals surface area contributed by atoms with Gasteiger partial charge in [0.15, 0.2) is 12.0 Å².